The Morgan fingerprint density at radius 3 is 2.29 bits per heavy atom. The van der Waals surface area contributed by atoms with Crippen LogP contribution in [0.15, 0.2) is 16.3 Å². The standard InChI is InChI=1S/C12H24N2/c1-6-7-8-9-12(14-5)10(2)11(3)13-4/h13H,6-9H2,1-5H3/b11-10+,14-12-. The van der Waals surface area contributed by atoms with E-state index in [-0.39, 0.29) is 0 Å². The quantitative estimate of drug-likeness (QED) is 0.512. The first-order valence-electron chi connectivity index (χ1n) is 5.48. The van der Waals surface area contributed by atoms with Gasteiger partial charge in [-0.05, 0) is 32.3 Å². The minimum Gasteiger partial charge on any atom is -0.391 e. The summed E-state index contributed by atoms with van der Waals surface area (Å²) < 4.78 is 0. The summed E-state index contributed by atoms with van der Waals surface area (Å²) in [6.07, 6.45) is 4.92. The van der Waals surface area contributed by atoms with Crippen LogP contribution in [0, 0.1) is 0 Å². The molecule has 1 N–H and O–H groups in total. The Labute approximate surface area is 88.5 Å². The second kappa shape index (κ2) is 7.60. The van der Waals surface area contributed by atoms with Gasteiger partial charge in [0.1, 0.15) is 0 Å². The zero-order chi connectivity index (χ0) is 11.0. The maximum atomic E-state index is 4.35. The van der Waals surface area contributed by atoms with Gasteiger partial charge in [0, 0.05) is 25.5 Å². The zero-order valence-electron chi connectivity index (χ0n) is 10.3. The molecule has 0 amide bonds. The van der Waals surface area contributed by atoms with Crippen LogP contribution in [0.4, 0.5) is 0 Å². The number of aliphatic imine (C=N–C) groups is 1. The van der Waals surface area contributed by atoms with E-state index in [2.05, 4.69) is 31.1 Å². The van der Waals surface area contributed by atoms with Gasteiger partial charge in [-0.15, -0.1) is 0 Å². The van der Waals surface area contributed by atoms with Crippen LogP contribution in [0.1, 0.15) is 46.5 Å². The van der Waals surface area contributed by atoms with Gasteiger partial charge >= 0.3 is 0 Å². The minimum absolute atomic E-state index is 1.11. The molecule has 82 valence electrons. The molecule has 0 radical (unpaired) electrons. The maximum Gasteiger partial charge on any atom is 0.0391 e. The fourth-order valence-electron chi connectivity index (χ4n) is 1.41. The molecule has 0 unspecified atom stereocenters. The Balaban J connectivity index is 4.29. The van der Waals surface area contributed by atoms with Gasteiger partial charge in [-0.1, -0.05) is 19.8 Å². The Morgan fingerprint density at radius 2 is 1.86 bits per heavy atom. The zero-order valence-corrected chi connectivity index (χ0v) is 10.3. The summed E-state index contributed by atoms with van der Waals surface area (Å²) in [6.45, 7) is 6.46. The molecule has 0 saturated carbocycles. The highest BCUT2D eigenvalue weighted by molar-refractivity contribution is 6.00. The van der Waals surface area contributed by atoms with Crippen LogP contribution >= 0.6 is 0 Å². The molecule has 0 aliphatic carbocycles. The third kappa shape index (κ3) is 4.45. The first-order valence-corrected chi connectivity index (χ1v) is 5.48. The molecular formula is C12H24N2. The van der Waals surface area contributed by atoms with E-state index < -0.39 is 0 Å². The van der Waals surface area contributed by atoms with Gasteiger partial charge in [0.25, 0.3) is 0 Å². The van der Waals surface area contributed by atoms with Crippen molar-refractivity contribution in [1.29, 1.82) is 0 Å². The van der Waals surface area contributed by atoms with E-state index in [1.165, 1.54) is 36.2 Å². The fraction of sp³-hybridized carbons (Fsp3) is 0.750. The number of allylic oxidation sites excluding steroid dienone is 2. The lowest BCUT2D eigenvalue weighted by Crippen LogP contribution is -2.10. The van der Waals surface area contributed by atoms with Crippen molar-refractivity contribution in [2.45, 2.75) is 46.5 Å². The van der Waals surface area contributed by atoms with E-state index in [4.69, 9.17) is 0 Å². The lowest BCUT2D eigenvalue weighted by molar-refractivity contribution is 0.740. The molecule has 0 aromatic carbocycles. The number of nitrogens with one attached hydrogen (secondary N) is 1. The summed E-state index contributed by atoms with van der Waals surface area (Å²) in [6, 6.07) is 0. The summed E-state index contributed by atoms with van der Waals surface area (Å²) in [5, 5.41) is 3.17. The third-order valence-corrected chi connectivity index (χ3v) is 2.66. The van der Waals surface area contributed by atoms with E-state index in [9.17, 15) is 0 Å². The van der Waals surface area contributed by atoms with Gasteiger partial charge in [0.05, 0.1) is 0 Å². The normalized spacial score (nSPS) is 13.9. The van der Waals surface area contributed by atoms with Gasteiger partial charge in [-0.3, -0.25) is 4.99 Å². The lowest BCUT2D eigenvalue weighted by Gasteiger charge is -2.10. The van der Waals surface area contributed by atoms with Crippen molar-refractivity contribution in [2.75, 3.05) is 14.1 Å². The van der Waals surface area contributed by atoms with Gasteiger partial charge in [-0.2, -0.15) is 0 Å². The predicted molar refractivity (Wildman–Crippen MR) is 64.9 cm³/mol. The molecule has 0 aliphatic rings. The minimum atomic E-state index is 1.11. The van der Waals surface area contributed by atoms with Crippen LogP contribution in [0.2, 0.25) is 0 Å². The summed E-state index contributed by atoms with van der Waals surface area (Å²) in [7, 11) is 3.84. The summed E-state index contributed by atoms with van der Waals surface area (Å²) >= 11 is 0. The third-order valence-electron chi connectivity index (χ3n) is 2.66. The number of hydrogen-bond acceptors (Lipinski definition) is 2. The monoisotopic (exact) mass is 196 g/mol. The molecule has 0 aromatic rings. The molecule has 14 heavy (non-hydrogen) atoms. The van der Waals surface area contributed by atoms with Crippen molar-refractivity contribution in [3.63, 3.8) is 0 Å². The fourth-order valence-corrected chi connectivity index (χ4v) is 1.41. The molecule has 0 atom stereocenters. The van der Waals surface area contributed by atoms with Crippen molar-refractivity contribution in [3.8, 4) is 0 Å². The van der Waals surface area contributed by atoms with Crippen molar-refractivity contribution in [2.24, 2.45) is 4.99 Å². The maximum absolute atomic E-state index is 4.35. The average Bonchev–Trinajstić information content (AvgIpc) is 2.22. The molecule has 0 spiro atoms. The molecule has 0 saturated heterocycles. The van der Waals surface area contributed by atoms with Gasteiger partial charge in [-0.25, -0.2) is 0 Å². The molecule has 0 aromatic heterocycles. The van der Waals surface area contributed by atoms with Crippen molar-refractivity contribution in [1.82, 2.24) is 5.32 Å². The molecule has 0 bridgehead atoms. The van der Waals surface area contributed by atoms with Crippen LogP contribution in [0.5, 0.6) is 0 Å². The molecule has 2 heteroatoms. The summed E-state index contributed by atoms with van der Waals surface area (Å²) in [5.74, 6) is 0. The SMILES string of the molecule is CCCCCC(=N/C)/C(C)=C(\C)NC. The Morgan fingerprint density at radius 1 is 1.21 bits per heavy atom. The number of rotatable bonds is 6. The number of nitrogens with zero attached hydrogens (tertiary/aromatic N) is 1. The summed E-state index contributed by atoms with van der Waals surface area (Å²) in [4.78, 5) is 4.35. The van der Waals surface area contributed by atoms with Crippen LogP contribution in [0.3, 0.4) is 0 Å². The predicted octanol–water partition coefficient (Wildman–Crippen LogP) is 3.15. The van der Waals surface area contributed by atoms with E-state index >= 15 is 0 Å². The molecule has 0 rings (SSSR count). The highest BCUT2D eigenvalue weighted by Gasteiger charge is 2.03. The van der Waals surface area contributed by atoms with Gasteiger partial charge in [0.15, 0.2) is 0 Å². The highest BCUT2D eigenvalue weighted by atomic mass is 14.8. The summed E-state index contributed by atoms with van der Waals surface area (Å²) in [5.41, 5.74) is 3.76. The molecule has 0 fully saturated rings. The van der Waals surface area contributed by atoms with Crippen LogP contribution < -0.4 is 5.32 Å². The topological polar surface area (TPSA) is 24.4 Å². The molecule has 0 heterocycles. The van der Waals surface area contributed by atoms with Crippen molar-refractivity contribution in [3.05, 3.63) is 11.3 Å². The van der Waals surface area contributed by atoms with E-state index in [0.29, 0.717) is 0 Å². The Kier molecular flexibility index (Phi) is 7.17. The molecule has 0 aliphatic heterocycles. The largest absolute Gasteiger partial charge is 0.391 e. The van der Waals surface area contributed by atoms with Crippen LogP contribution in [-0.4, -0.2) is 19.8 Å². The van der Waals surface area contributed by atoms with E-state index in [0.717, 1.165) is 6.42 Å². The first-order chi connectivity index (χ1) is 6.67. The van der Waals surface area contributed by atoms with E-state index in [1.54, 1.807) is 0 Å². The molecular weight excluding hydrogens is 172 g/mol. The van der Waals surface area contributed by atoms with Gasteiger partial charge in [0.2, 0.25) is 0 Å². The highest BCUT2D eigenvalue weighted by Crippen LogP contribution is 2.10. The molecule has 2 nitrogen and oxygen atoms in total. The number of unbranched alkanes of at least 4 members (excludes halogenated alkanes) is 2. The second-order valence-electron chi connectivity index (χ2n) is 3.63. The second-order valence-corrected chi connectivity index (χ2v) is 3.63. The first kappa shape index (κ1) is 13.2. The Hall–Kier alpha value is -0.790. The van der Waals surface area contributed by atoms with Crippen LogP contribution in [-0.2, 0) is 0 Å². The average molecular weight is 196 g/mol. The lowest BCUT2D eigenvalue weighted by atomic mass is 10.0. The Bertz CT molecular complexity index is 214. The number of hydrogen-bond donors (Lipinski definition) is 1. The van der Waals surface area contributed by atoms with Crippen molar-refractivity contribution < 1.29 is 0 Å². The van der Waals surface area contributed by atoms with Crippen molar-refractivity contribution >= 4 is 5.71 Å². The smallest absolute Gasteiger partial charge is 0.0391 e. The van der Waals surface area contributed by atoms with Crippen LogP contribution in [0.25, 0.3) is 0 Å². The van der Waals surface area contributed by atoms with E-state index in [1.807, 2.05) is 14.1 Å². The van der Waals surface area contributed by atoms with Gasteiger partial charge < -0.3 is 5.32 Å².